The molecule has 3 heterocycles. The maximum absolute atomic E-state index is 13.8. The van der Waals surface area contributed by atoms with Crippen molar-refractivity contribution in [1.29, 1.82) is 0 Å². The van der Waals surface area contributed by atoms with Crippen LogP contribution in [0.5, 0.6) is 11.5 Å². The van der Waals surface area contributed by atoms with Crippen LogP contribution in [0.1, 0.15) is 16.2 Å². The van der Waals surface area contributed by atoms with Crippen molar-refractivity contribution in [1.82, 2.24) is 15.0 Å². The Bertz CT molecular complexity index is 1490. The lowest BCUT2D eigenvalue weighted by molar-refractivity contribution is 0.0994. The Labute approximate surface area is 189 Å². The number of H-pyrrole nitrogens is 2. The molecular formula is C26H20N4O3. The van der Waals surface area contributed by atoms with Crippen molar-refractivity contribution >= 4 is 28.1 Å². The minimum atomic E-state index is -0.400. The molecule has 0 spiro atoms. The fraction of sp³-hybridized carbons (Fsp3) is 0.0385. The van der Waals surface area contributed by atoms with Gasteiger partial charge in [-0.25, -0.2) is 0 Å². The Morgan fingerprint density at radius 2 is 1.70 bits per heavy atom. The molecule has 0 unspecified atom stereocenters. The smallest absolute Gasteiger partial charge is 0.279 e. The minimum absolute atomic E-state index is 0.165. The van der Waals surface area contributed by atoms with Crippen LogP contribution < -0.4 is 15.2 Å². The molecule has 162 valence electrons. The van der Waals surface area contributed by atoms with Gasteiger partial charge in [-0.15, -0.1) is 0 Å². The molecule has 2 aromatic carbocycles. The first kappa shape index (κ1) is 20.3. The van der Waals surface area contributed by atoms with Crippen LogP contribution in [0.3, 0.4) is 0 Å². The van der Waals surface area contributed by atoms with Crippen LogP contribution in [-0.2, 0) is 0 Å². The molecule has 0 aliphatic carbocycles. The average Bonchev–Trinajstić information content (AvgIpc) is 3.23. The van der Waals surface area contributed by atoms with E-state index >= 15 is 0 Å². The highest BCUT2D eigenvalue weighted by atomic mass is 16.5. The van der Waals surface area contributed by atoms with Gasteiger partial charge in [0.2, 0.25) is 0 Å². The molecule has 0 aliphatic rings. The van der Waals surface area contributed by atoms with Gasteiger partial charge in [-0.1, -0.05) is 30.3 Å². The summed E-state index contributed by atoms with van der Waals surface area (Å²) in [5.74, 6) is 0.739. The van der Waals surface area contributed by atoms with Gasteiger partial charge in [0.05, 0.1) is 16.8 Å². The number of carbonyl (C=O) groups is 1. The van der Waals surface area contributed by atoms with E-state index in [4.69, 9.17) is 4.74 Å². The van der Waals surface area contributed by atoms with Gasteiger partial charge in [0.1, 0.15) is 11.4 Å². The summed E-state index contributed by atoms with van der Waals surface area (Å²) in [5.41, 5.74) is 1.71. The van der Waals surface area contributed by atoms with Crippen molar-refractivity contribution in [2.24, 2.45) is 0 Å². The van der Waals surface area contributed by atoms with Gasteiger partial charge in [0, 0.05) is 29.7 Å². The van der Waals surface area contributed by atoms with Crippen molar-refractivity contribution in [3.63, 3.8) is 0 Å². The molecule has 3 aromatic heterocycles. The number of para-hydroxylation sites is 3. The second-order valence-electron chi connectivity index (χ2n) is 7.48. The average molecular weight is 436 g/mol. The lowest BCUT2D eigenvalue weighted by atomic mass is 10.1. The summed E-state index contributed by atoms with van der Waals surface area (Å²) in [6.45, 7) is 1.82. The summed E-state index contributed by atoms with van der Waals surface area (Å²) in [6, 6.07) is 21.7. The number of amides is 1. The van der Waals surface area contributed by atoms with E-state index in [2.05, 4.69) is 15.0 Å². The van der Waals surface area contributed by atoms with Crippen LogP contribution in [0.25, 0.3) is 10.8 Å². The summed E-state index contributed by atoms with van der Waals surface area (Å²) in [5, 5.41) is 1.21. The van der Waals surface area contributed by atoms with E-state index in [1.165, 1.54) is 4.90 Å². The highest BCUT2D eigenvalue weighted by Gasteiger charge is 2.25. The van der Waals surface area contributed by atoms with Crippen molar-refractivity contribution in [3.05, 3.63) is 113 Å². The molecule has 0 saturated heterocycles. The normalized spacial score (nSPS) is 10.8. The van der Waals surface area contributed by atoms with Crippen molar-refractivity contribution < 1.29 is 9.53 Å². The molecule has 0 bridgehead atoms. The van der Waals surface area contributed by atoms with E-state index in [9.17, 15) is 9.59 Å². The molecule has 5 rings (SSSR count). The number of rotatable bonds is 5. The first-order valence-electron chi connectivity index (χ1n) is 10.4. The number of aromatic amines is 2. The van der Waals surface area contributed by atoms with Crippen LogP contribution >= 0.6 is 0 Å². The number of anilines is 2. The molecule has 0 saturated carbocycles. The van der Waals surface area contributed by atoms with Crippen LogP contribution in [0.15, 0.2) is 96.2 Å². The Morgan fingerprint density at radius 1 is 0.970 bits per heavy atom. The van der Waals surface area contributed by atoms with Gasteiger partial charge >= 0.3 is 0 Å². The van der Waals surface area contributed by atoms with E-state index in [1.54, 1.807) is 48.9 Å². The molecular weight excluding hydrogens is 416 g/mol. The maximum atomic E-state index is 13.8. The number of hydrogen-bond acceptors (Lipinski definition) is 4. The Kier molecular flexibility index (Phi) is 5.20. The Hall–Kier alpha value is -4.65. The molecule has 7 nitrogen and oxygen atoms in total. The van der Waals surface area contributed by atoms with E-state index in [0.29, 0.717) is 33.6 Å². The van der Waals surface area contributed by atoms with Gasteiger partial charge in [-0.3, -0.25) is 19.5 Å². The van der Waals surface area contributed by atoms with Crippen LogP contribution in [-0.4, -0.2) is 20.9 Å². The van der Waals surface area contributed by atoms with Crippen LogP contribution in [0, 0.1) is 6.92 Å². The number of aromatic nitrogens is 3. The lowest BCUT2D eigenvalue weighted by Gasteiger charge is -2.25. The number of nitrogens with zero attached hydrogens (tertiary/aromatic N) is 2. The second-order valence-corrected chi connectivity index (χ2v) is 7.48. The fourth-order valence-electron chi connectivity index (χ4n) is 3.78. The molecule has 2 N–H and O–H groups in total. The largest absolute Gasteiger partial charge is 0.455 e. The zero-order valence-electron chi connectivity index (χ0n) is 17.8. The van der Waals surface area contributed by atoms with Crippen molar-refractivity contribution in [2.45, 2.75) is 6.92 Å². The second kappa shape index (κ2) is 8.47. The van der Waals surface area contributed by atoms with Crippen LogP contribution in [0.2, 0.25) is 0 Å². The minimum Gasteiger partial charge on any atom is -0.455 e. The van der Waals surface area contributed by atoms with Gasteiger partial charge in [-0.05, 0) is 49.4 Å². The molecule has 33 heavy (non-hydrogen) atoms. The maximum Gasteiger partial charge on any atom is 0.279 e. The van der Waals surface area contributed by atoms with E-state index in [-0.39, 0.29) is 11.3 Å². The molecule has 7 heteroatoms. The molecule has 0 radical (unpaired) electrons. The molecule has 0 aliphatic heterocycles. The summed E-state index contributed by atoms with van der Waals surface area (Å²) in [4.78, 5) is 37.9. The summed E-state index contributed by atoms with van der Waals surface area (Å²) in [7, 11) is 0. The van der Waals surface area contributed by atoms with Gasteiger partial charge in [0.25, 0.3) is 11.5 Å². The number of ether oxygens (including phenoxy) is 1. The predicted octanol–water partition coefficient (Wildman–Crippen LogP) is 5.33. The first-order valence-corrected chi connectivity index (χ1v) is 10.4. The van der Waals surface area contributed by atoms with Crippen molar-refractivity contribution in [3.8, 4) is 11.5 Å². The topological polar surface area (TPSA) is 91.1 Å². The number of fused-ring (bicyclic) bond motifs is 1. The van der Waals surface area contributed by atoms with Gasteiger partial charge in [0.15, 0.2) is 5.75 Å². The molecule has 0 fully saturated rings. The highest BCUT2D eigenvalue weighted by Crippen LogP contribution is 2.37. The zero-order valence-corrected chi connectivity index (χ0v) is 17.8. The van der Waals surface area contributed by atoms with Crippen molar-refractivity contribution in [2.75, 3.05) is 4.90 Å². The van der Waals surface area contributed by atoms with E-state index in [1.807, 2.05) is 49.4 Å². The first-order chi connectivity index (χ1) is 16.1. The number of carbonyl (C=O) groups excluding carboxylic acids is 1. The molecule has 0 atom stereocenters. The van der Waals surface area contributed by atoms with Gasteiger partial charge < -0.3 is 14.7 Å². The third kappa shape index (κ3) is 3.87. The monoisotopic (exact) mass is 436 g/mol. The number of benzene rings is 2. The van der Waals surface area contributed by atoms with Gasteiger partial charge in [-0.2, -0.15) is 0 Å². The number of pyridine rings is 2. The number of aryl methyl sites for hydroxylation is 1. The standard InChI is InChI=1S/C26H20N4O3/c1-17-24-18(16-28-17)15-21(29-25(24)31)26(32)30(19-11-13-27-14-12-19)22-9-5-6-10-23(22)33-20-7-3-2-4-8-20/h2-16,28H,1H3,(H,29,31). The molecule has 1 amide bonds. The SMILES string of the molecule is Cc1[nH]cc2cc(C(=O)N(c3ccncc3)c3ccccc3Oc3ccccc3)[nH]c(=O)c12. The van der Waals surface area contributed by atoms with E-state index < -0.39 is 5.91 Å². The number of nitrogens with one attached hydrogen (secondary N) is 2. The number of hydrogen-bond donors (Lipinski definition) is 2. The third-order valence-corrected chi connectivity index (χ3v) is 5.31. The highest BCUT2D eigenvalue weighted by molar-refractivity contribution is 6.11. The Balaban J connectivity index is 1.64. The van der Waals surface area contributed by atoms with E-state index in [0.717, 1.165) is 5.69 Å². The lowest BCUT2D eigenvalue weighted by Crippen LogP contribution is -2.29. The summed E-state index contributed by atoms with van der Waals surface area (Å²) in [6.07, 6.45) is 4.94. The third-order valence-electron chi connectivity index (χ3n) is 5.31. The summed E-state index contributed by atoms with van der Waals surface area (Å²) < 4.78 is 6.11. The quantitative estimate of drug-likeness (QED) is 0.390. The fourth-order valence-corrected chi connectivity index (χ4v) is 3.78. The Morgan fingerprint density at radius 3 is 2.48 bits per heavy atom. The van der Waals surface area contributed by atoms with Crippen LogP contribution in [0.4, 0.5) is 11.4 Å². The predicted molar refractivity (Wildman–Crippen MR) is 127 cm³/mol. The zero-order chi connectivity index (χ0) is 22.8. The molecule has 5 aromatic rings. The summed E-state index contributed by atoms with van der Waals surface area (Å²) >= 11 is 0.